The van der Waals surface area contributed by atoms with E-state index < -0.39 is 21.7 Å². The maximum Gasteiger partial charge on any atom is 0.350 e. The molecule has 1 N–H and O–H groups in total. The van der Waals surface area contributed by atoms with Gasteiger partial charge in [-0.1, -0.05) is 12.1 Å². The van der Waals surface area contributed by atoms with Crippen LogP contribution in [0.15, 0.2) is 38.3 Å². The van der Waals surface area contributed by atoms with Gasteiger partial charge in [-0.15, -0.1) is 0 Å². The first kappa shape index (κ1) is 10.3. The molecule has 1 heterocycles. The van der Waals surface area contributed by atoms with Gasteiger partial charge in [0.25, 0.3) is 5.56 Å². The summed E-state index contributed by atoms with van der Waals surface area (Å²) in [5, 5.41) is 0.191. The van der Waals surface area contributed by atoms with Crippen molar-refractivity contribution in [2.24, 2.45) is 4.47 Å². The van der Waals surface area contributed by atoms with E-state index in [0.29, 0.717) is 4.68 Å². The van der Waals surface area contributed by atoms with E-state index in [1.165, 1.54) is 12.1 Å². The normalized spacial score (nSPS) is 10.2. The van der Waals surface area contributed by atoms with Crippen molar-refractivity contribution in [1.29, 1.82) is 0 Å². The van der Waals surface area contributed by atoms with Crippen molar-refractivity contribution in [3.8, 4) is 0 Å². The molecule has 0 atom stereocenters. The van der Waals surface area contributed by atoms with Crippen LogP contribution >= 0.6 is 0 Å². The van der Waals surface area contributed by atoms with Crippen molar-refractivity contribution in [2.75, 3.05) is 0 Å². The molecule has 2 aromatic rings. The Hall–Kier alpha value is -2.22. The first-order valence-corrected chi connectivity index (χ1v) is 5.18. The molecule has 0 radical (unpaired) electrons. The molecule has 0 saturated heterocycles. The second kappa shape index (κ2) is 3.74. The minimum Gasteiger partial charge on any atom is -0.272 e. The van der Waals surface area contributed by atoms with Crippen LogP contribution in [0, 0.1) is 0 Å². The number of nitrogens with zero attached hydrogens (tertiary/aromatic N) is 2. The smallest absolute Gasteiger partial charge is 0.272 e. The summed E-state index contributed by atoms with van der Waals surface area (Å²) in [4.78, 5) is 24.7. The topological polar surface area (TPSA) is 101 Å². The Kier molecular flexibility index (Phi) is 2.41. The Morgan fingerprint density at radius 3 is 2.56 bits per heavy atom. The van der Waals surface area contributed by atoms with Crippen LogP contribution in [0.3, 0.4) is 0 Å². The summed E-state index contributed by atoms with van der Waals surface area (Å²) in [6, 6.07) is 6.07. The van der Waals surface area contributed by atoms with E-state index in [9.17, 15) is 18.0 Å². The van der Waals surface area contributed by atoms with Gasteiger partial charge < -0.3 is 0 Å². The minimum absolute atomic E-state index is 0.139. The molecule has 0 saturated carbocycles. The van der Waals surface area contributed by atoms with Crippen LogP contribution in [0.2, 0.25) is 0 Å². The lowest BCUT2D eigenvalue weighted by molar-refractivity contribution is 0.616. The van der Waals surface area contributed by atoms with Crippen LogP contribution in [-0.2, 0) is 10.5 Å². The summed E-state index contributed by atoms with van der Waals surface area (Å²) < 4.78 is 24.6. The highest BCUT2D eigenvalue weighted by Crippen LogP contribution is 2.05. The van der Waals surface area contributed by atoms with Crippen molar-refractivity contribution in [2.45, 2.75) is 0 Å². The SMILES string of the molecule is O=c1[nH]c(=O)n(N=S(=O)=O)c2ccccc12. The monoisotopic (exact) mass is 239 g/mol. The Morgan fingerprint density at radius 1 is 1.19 bits per heavy atom. The fraction of sp³-hybridized carbons (Fsp3) is 0. The Balaban J connectivity index is 3.10. The number of hydrogen-bond donors (Lipinski definition) is 1. The van der Waals surface area contributed by atoms with E-state index in [4.69, 9.17) is 0 Å². The number of para-hydroxylation sites is 1. The Labute approximate surface area is 89.6 Å². The van der Waals surface area contributed by atoms with Crippen LogP contribution in [0.4, 0.5) is 0 Å². The van der Waals surface area contributed by atoms with Crippen LogP contribution in [0.5, 0.6) is 0 Å². The van der Waals surface area contributed by atoms with Gasteiger partial charge in [0.05, 0.1) is 10.9 Å². The highest BCUT2D eigenvalue weighted by Gasteiger charge is 2.05. The molecule has 0 fully saturated rings. The maximum atomic E-state index is 11.4. The number of aromatic amines is 1. The average molecular weight is 239 g/mol. The molecular formula is C8H5N3O4S. The number of fused-ring (bicyclic) bond motifs is 1. The zero-order chi connectivity index (χ0) is 11.7. The van der Waals surface area contributed by atoms with Gasteiger partial charge in [0, 0.05) is 0 Å². The van der Waals surface area contributed by atoms with Crippen LogP contribution in [0.25, 0.3) is 10.9 Å². The highest BCUT2D eigenvalue weighted by molar-refractivity contribution is 7.61. The number of aromatic nitrogens is 2. The second-order valence-corrected chi connectivity index (χ2v) is 3.48. The van der Waals surface area contributed by atoms with Crippen LogP contribution in [0.1, 0.15) is 0 Å². The van der Waals surface area contributed by atoms with Crippen molar-refractivity contribution in [3.05, 3.63) is 45.1 Å². The molecule has 0 aliphatic rings. The largest absolute Gasteiger partial charge is 0.350 e. The highest BCUT2D eigenvalue weighted by atomic mass is 32.2. The van der Waals surface area contributed by atoms with Crippen molar-refractivity contribution in [3.63, 3.8) is 0 Å². The number of H-pyrrole nitrogens is 1. The summed E-state index contributed by atoms with van der Waals surface area (Å²) >= 11 is 0. The molecule has 0 spiro atoms. The molecule has 0 bridgehead atoms. The molecule has 16 heavy (non-hydrogen) atoms. The third-order valence-electron chi connectivity index (χ3n) is 1.94. The molecule has 1 aromatic carbocycles. The maximum absolute atomic E-state index is 11.4. The predicted octanol–water partition coefficient (Wildman–Crippen LogP) is -0.484. The van der Waals surface area contributed by atoms with Crippen LogP contribution < -0.4 is 11.2 Å². The molecule has 0 aliphatic heterocycles. The third kappa shape index (κ3) is 1.65. The van der Waals surface area contributed by atoms with Crippen molar-refractivity contribution in [1.82, 2.24) is 9.66 Å². The van der Waals surface area contributed by atoms with E-state index in [-0.39, 0.29) is 10.9 Å². The first-order chi connectivity index (χ1) is 7.59. The summed E-state index contributed by atoms with van der Waals surface area (Å²) in [5.41, 5.74) is -1.34. The molecule has 8 heteroatoms. The summed E-state index contributed by atoms with van der Waals surface area (Å²) in [5.74, 6) is 0. The van der Waals surface area contributed by atoms with E-state index >= 15 is 0 Å². The molecule has 1 aromatic heterocycles. The van der Waals surface area contributed by atoms with E-state index in [2.05, 4.69) is 4.47 Å². The molecular weight excluding hydrogens is 234 g/mol. The lowest BCUT2D eigenvalue weighted by Crippen LogP contribution is -2.27. The zero-order valence-electron chi connectivity index (χ0n) is 7.75. The van der Waals surface area contributed by atoms with Gasteiger partial charge in [-0.25, -0.2) is 4.79 Å². The van der Waals surface area contributed by atoms with Gasteiger partial charge in [-0.3, -0.25) is 9.78 Å². The number of nitrogens with one attached hydrogen (secondary N) is 1. The van der Waals surface area contributed by atoms with Gasteiger partial charge in [-0.2, -0.15) is 13.1 Å². The van der Waals surface area contributed by atoms with Gasteiger partial charge in [0.1, 0.15) is 0 Å². The third-order valence-corrected chi connectivity index (χ3v) is 2.23. The zero-order valence-corrected chi connectivity index (χ0v) is 8.56. The standard InChI is InChI=1S/C8H5N3O4S/c12-7-5-3-1-2-4-6(5)11(8(13)9-7)10-16(14)15/h1-4H,(H,9,12,13). The number of hydrogen-bond acceptors (Lipinski definition) is 5. The molecule has 0 aliphatic carbocycles. The van der Waals surface area contributed by atoms with E-state index in [0.717, 1.165) is 0 Å². The van der Waals surface area contributed by atoms with Gasteiger partial charge in [-0.05, 0) is 16.6 Å². The van der Waals surface area contributed by atoms with Gasteiger partial charge >= 0.3 is 16.2 Å². The summed E-state index contributed by atoms with van der Waals surface area (Å²) in [6.07, 6.45) is 0. The molecule has 82 valence electrons. The first-order valence-electron chi connectivity index (χ1n) is 4.15. The van der Waals surface area contributed by atoms with Crippen molar-refractivity contribution >= 4 is 21.4 Å². The minimum atomic E-state index is -2.77. The van der Waals surface area contributed by atoms with E-state index in [1.807, 2.05) is 4.98 Å². The molecule has 2 rings (SSSR count). The van der Waals surface area contributed by atoms with Crippen LogP contribution in [-0.4, -0.2) is 18.1 Å². The quantitative estimate of drug-likeness (QED) is 0.725. The molecule has 7 nitrogen and oxygen atoms in total. The lowest BCUT2D eigenvalue weighted by atomic mass is 10.2. The molecule has 0 amide bonds. The fourth-order valence-electron chi connectivity index (χ4n) is 1.32. The van der Waals surface area contributed by atoms with Crippen molar-refractivity contribution < 1.29 is 8.42 Å². The number of benzene rings is 1. The fourth-order valence-corrected chi connectivity index (χ4v) is 1.62. The second-order valence-electron chi connectivity index (χ2n) is 2.89. The lowest BCUT2D eigenvalue weighted by Gasteiger charge is -1.99. The average Bonchev–Trinajstić information content (AvgIpc) is 2.24. The predicted molar refractivity (Wildman–Crippen MR) is 55.6 cm³/mol. The molecule has 0 unspecified atom stereocenters. The number of rotatable bonds is 1. The Bertz CT molecular complexity index is 792. The Morgan fingerprint density at radius 2 is 1.88 bits per heavy atom. The van der Waals surface area contributed by atoms with Gasteiger partial charge in [0.15, 0.2) is 0 Å². The summed E-state index contributed by atoms with van der Waals surface area (Å²) in [7, 11) is -2.77. The van der Waals surface area contributed by atoms with Gasteiger partial charge in [0.2, 0.25) is 0 Å². The van der Waals surface area contributed by atoms with E-state index in [1.54, 1.807) is 12.1 Å². The summed E-state index contributed by atoms with van der Waals surface area (Å²) in [6.45, 7) is 0.